The Morgan fingerprint density at radius 3 is 1.75 bits per heavy atom. The molecule has 3 rings (SSSR count). The molecule has 24 heavy (non-hydrogen) atoms. The summed E-state index contributed by atoms with van der Waals surface area (Å²) < 4.78 is 12.8. The molecule has 0 N–H and O–H groups in total. The summed E-state index contributed by atoms with van der Waals surface area (Å²) in [5.41, 5.74) is 2.54. The van der Waals surface area contributed by atoms with Crippen LogP contribution in [0, 0.1) is 26.6 Å². The van der Waals surface area contributed by atoms with E-state index in [4.69, 9.17) is 0 Å². The van der Waals surface area contributed by atoms with Gasteiger partial charge in [0.1, 0.15) is 5.82 Å². The van der Waals surface area contributed by atoms with Gasteiger partial charge in [-0.15, -0.1) is 0 Å². The third-order valence-electron chi connectivity index (χ3n) is 3.60. The second-order valence-electron chi connectivity index (χ2n) is 5.38. The SMILES string of the molecule is CCc1cc(C)ccc1F.Cc1c(C)c(=O)c1=O.c1ccncc1. The first-order valence-electron chi connectivity index (χ1n) is 7.75. The highest BCUT2D eigenvalue weighted by Crippen LogP contribution is 2.09. The largest absolute Gasteiger partial charge is 0.285 e. The van der Waals surface area contributed by atoms with Gasteiger partial charge < -0.3 is 0 Å². The van der Waals surface area contributed by atoms with Crippen LogP contribution in [-0.4, -0.2) is 4.98 Å². The average molecular weight is 327 g/mol. The monoisotopic (exact) mass is 327 g/mol. The van der Waals surface area contributed by atoms with Crippen molar-refractivity contribution in [2.45, 2.75) is 34.1 Å². The van der Waals surface area contributed by atoms with Crippen molar-refractivity contribution in [1.82, 2.24) is 4.98 Å². The molecule has 2 aromatic carbocycles. The fraction of sp³-hybridized carbons (Fsp3) is 0.250. The molecular weight excluding hydrogens is 305 g/mol. The highest BCUT2D eigenvalue weighted by molar-refractivity contribution is 5.29. The number of aryl methyl sites for hydroxylation is 2. The molecule has 1 aromatic heterocycles. The lowest BCUT2D eigenvalue weighted by molar-refractivity contribution is 0.611. The van der Waals surface area contributed by atoms with E-state index in [1.54, 1.807) is 32.3 Å². The van der Waals surface area contributed by atoms with Gasteiger partial charge in [-0.05, 0) is 51.0 Å². The van der Waals surface area contributed by atoms with Gasteiger partial charge in [0.15, 0.2) is 0 Å². The first-order valence-corrected chi connectivity index (χ1v) is 7.75. The molecule has 0 saturated carbocycles. The Balaban J connectivity index is 0.000000186. The van der Waals surface area contributed by atoms with Gasteiger partial charge in [0, 0.05) is 23.5 Å². The van der Waals surface area contributed by atoms with Crippen molar-refractivity contribution in [2.24, 2.45) is 0 Å². The number of rotatable bonds is 1. The third kappa shape index (κ3) is 5.54. The smallest absolute Gasteiger partial charge is 0.229 e. The van der Waals surface area contributed by atoms with Crippen molar-refractivity contribution in [3.63, 3.8) is 0 Å². The van der Waals surface area contributed by atoms with Gasteiger partial charge in [-0.2, -0.15) is 0 Å². The molecule has 0 bridgehead atoms. The third-order valence-corrected chi connectivity index (χ3v) is 3.60. The summed E-state index contributed by atoms with van der Waals surface area (Å²) in [5.74, 6) is -0.0897. The summed E-state index contributed by atoms with van der Waals surface area (Å²) in [6.07, 6.45) is 4.27. The molecule has 4 heteroatoms. The van der Waals surface area contributed by atoms with E-state index in [9.17, 15) is 14.0 Å². The highest BCUT2D eigenvalue weighted by atomic mass is 19.1. The molecular formula is C20H22FNO2. The lowest BCUT2D eigenvalue weighted by Crippen LogP contribution is -2.36. The quantitative estimate of drug-likeness (QED) is 0.641. The van der Waals surface area contributed by atoms with E-state index >= 15 is 0 Å². The lowest BCUT2D eigenvalue weighted by atomic mass is 10.1. The Hall–Kier alpha value is -2.62. The number of hydrogen-bond donors (Lipinski definition) is 0. The molecule has 0 radical (unpaired) electrons. The van der Waals surface area contributed by atoms with Crippen LogP contribution in [0.3, 0.4) is 0 Å². The highest BCUT2D eigenvalue weighted by Gasteiger charge is 2.10. The van der Waals surface area contributed by atoms with Crippen LogP contribution in [0.2, 0.25) is 0 Å². The molecule has 1 heterocycles. The summed E-state index contributed by atoms with van der Waals surface area (Å²) in [7, 11) is 0. The normalized spacial score (nSPS) is 9.54. The molecule has 0 saturated heterocycles. The predicted molar refractivity (Wildman–Crippen MR) is 95.6 cm³/mol. The van der Waals surface area contributed by atoms with Crippen LogP contribution in [0.15, 0.2) is 58.4 Å². The maximum Gasteiger partial charge on any atom is 0.229 e. The molecule has 0 unspecified atom stereocenters. The minimum atomic E-state index is -0.317. The fourth-order valence-electron chi connectivity index (χ4n) is 1.91. The van der Waals surface area contributed by atoms with Crippen LogP contribution in [-0.2, 0) is 6.42 Å². The van der Waals surface area contributed by atoms with Gasteiger partial charge in [-0.3, -0.25) is 14.6 Å². The maximum absolute atomic E-state index is 12.8. The van der Waals surface area contributed by atoms with Crippen LogP contribution < -0.4 is 10.9 Å². The van der Waals surface area contributed by atoms with E-state index < -0.39 is 0 Å². The van der Waals surface area contributed by atoms with Crippen LogP contribution >= 0.6 is 0 Å². The average Bonchev–Trinajstić information content (AvgIpc) is 2.64. The van der Waals surface area contributed by atoms with Crippen molar-refractivity contribution < 1.29 is 4.39 Å². The zero-order chi connectivity index (χ0) is 18.1. The topological polar surface area (TPSA) is 47.0 Å². The van der Waals surface area contributed by atoms with E-state index in [2.05, 4.69) is 4.98 Å². The number of benzene rings is 1. The Morgan fingerprint density at radius 1 is 0.917 bits per heavy atom. The molecule has 0 spiro atoms. The summed E-state index contributed by atoms with van der Waals surface area (Å²) in [6.45, 7) is 7.26. The number of hydrogen-bond acceptors (Lipinski definition) is 3. The molecule has 0 atom stereocenters. The van der Waals surface area contributed by atoms with Crippen LogP contribution in [0.25, 0.3) is 0 Å². The Labute approximate surface area is 141 Å². The molecule has 0 aliphatic heterocycles. The van der Waals surface area contributed by atoms with Crippen molar-refractivity contribution in [2.75, 3.05) is 0 Å². The second kappa shape index (κ2) is 9.50. The molecule has 3 aromatic rings. The Bertz CT molecular complexity index is 778. The molecule has 0 amide bonds. The molecule has 0 fully saturated rings. The summed E-state index contributed by atoms with van der Waals surface area (Å²) in [6, 6.07) is 10.9. The second-order valence-corrected chi connectivity index (χ2v) is 5.38. The molecule has 126 valence electrons. The van der Waals surface area contributed by atoms with E-state index in [-0.39, 0.29) is 16.7 Å². The zero-order valence-electron chi connectivity index (χ0n) is 14.5. The van der Waals surface area contributed by atoms with E-state index in [0.29, 0.717) is 11.1 Å². The van der Waals surface area contributed by atoms with Crippen molar-refractivity contribution in [3.8, 4) is 0 Å². The van der Waals surface area contributed by atoms with E-state index in [1.807, 2.05) is 38.1 Å². The summed E-state index contributed by atoms with van der Waals surface area (Å²) in [4.78, 5) is 24.5. The standard InChI is InChI=1S/C9H11F.C6H6O2.C5H5N/c1-3-8-6-7(2)4-5-9(8)10;1-3-4(2)6(8)5(3)7;1-2-4-6-5-3-1/h4-6H,3H2,1-2H3;1-2H3;1-5H. The molecule has 0 aliphatic rings. The molecule has 0 aliphatic carbocycles. The van der Waals surface area contributed by atoms with Crippen LogP contribution in [0.1, 0.15) is 29.2 Å². The maximum atomic E-state index is 12.8. The first-order chi connectivity index (χ1) is 11.4. The number of nitrogens with zero attached hydrogens (tertiary/aromatic N) is 1. The van der Waals surface area contributed by atoms with Crippen LogP contribution in [0.5, 0.6) is 0 Å². The molecule has 3 nitrogen and oxygen atoms in total. The Morgan fingerprint density at radius 2 is 1.46 bits per heavy atom. The Kier molecular flexibility index (Phi) is 7.69. The van der Waals surface area contributed by atoms with Gasteiger partial charge >= 0.3 is 0 Å². The fourth-order valence-corrected chi connectivity index (χ4v) is 1.91. The summed E-state index contributed by atoms with van der Waals surface area (Å²) >= 11 is 0. The van der Waals surface area contributed by atoms with Crippen molar-refractivity contribution in [3.05, 3.63) is 97.3 Å². The summed E-state index contributed by atoms with van der Waals surface area (Å²) in [5, 5.41) is 0. The van der Waals surface area contributed by atoms with E-state index in [1.165, 1.54) is 6.07 Å². The first kappa shape index (κ1) is 19.4. The minimum absolute atomic E-state index is 0.0897. The number of pyridine rings is 1. The van der Waals surface area contributed by atoms with Gasteiger partial charge in [0.2, 0.25) is 10.9 Å². The zero-order valence-corrected chi connectivity index (χ0v) is 14.5. The van der Waals surface area contributed by atoms with E-state index in [0.717, 1.165) is 17.5 Å². The van der Waals surface area contributed by atoms with Gasteiger partial charge in [0.25, 0.3) is 0 Å². The number of aromatic nitrogens is 1. The van der Waals surface area contributed by atoms with Crippen molar-refractivity contribution in [1.29, 1.82) is 0 Å². The lowest BCUT2D eigenvalue weighted by Gasteiger charge is -1.99. The van der Waals surface area contributed by atoms with Gasteiger partial charge in [-0.25, -0.2) is 4.39 Å². The predicted octanol–water partition coefficient (Wildman–Crippen LogP) is 3.68. The minimum Gasteiger partial charge on any atom is -0.285 e. The van der Waals surface area contributed by atoms with Gasteiger partial charge in [-0.1, -0.05) is 30.7 Å². The van der Waals surface area contributed by atoms with Crippen molar-refractivity contribution >= 4 is 0 Å². The van der Waals surface area contributed by atoms with Crippen LogP contribution in [0.4, 0.5) is 4.39 Å². The van der Waals surface area contributed by atoms with Gasteiger partial charge in [0.05, 0.1) is 0 Å². The number of halogens is 1.